The van der Waals surface area contributed by atoms with E-state index in [1.807, 2.05) is 6.08 Å². The van der Waals surface area contributed by atoms with Crippen molar-refractivity contribution in [2.45, 2.75) is 46.0 Å². The fourth-order valence-corrected chi connectivity index (χ4v) is 0.771. The highest BCUT2D eigenvalue weighted by molar-refractivity contribution is 5.14. The maximum atomic E-state index is 3.12. The maximum absolute atomic E-state index is 3.12. The van der Waals surface area contributed by atoms with Crippen molar-refractivity contribution in [3.8, 4) is 11.8 Å². The number of hydrogen-bond donors (Lipinski definition) is 0. The fraction of sp³-hybridized carbons (Fsp3) is 0.636. The Hall–Kier alpha value is -0.700. The summed E-state index contributed by atoms with van der Waals surface area (Å²) >= 11 is 0. The van der Waals surface area contributed by atoms with Crippen LogP contribution in [-0.2, 0) is 0 Å². The Morgan fingerprint density at radius 1 is 1.18 bits per heavy atom. The summed E-state index contributed by atoms with van der Waals surface area (Å²) in [5.74, 6) is 6.13. The second kappa shape index (κ2) is 9.30. The van der Waals surface area contributed by atoms with E-state index in [-0.39, 0.29) is 0 Å². The zero-order valence-electron chi connectivity index (χ0n) is 7.69. The Labute approximate surface area is 70.7 Å². The first-order valence-corrected chi connectivity index (χ1v) is 4.55. The topological polar surface area (TPSA) is 0 Å². The molecule has 0 heteroatoms. The molecule has 0 saturated heterocycles. The van der Waals surface area contributed by atoms with Gasteiger partial charge in [0.25, 0.3) is 0 Å². The fourth-order valence-electron chi connectivity index (χ4n) is 0.771. The van der Waals surface area contributed by atoms with Crippen molar-refractivity contribution < 1.29 is 0 Å². The van der Waals surface area contributed by atoms with Crippen LogP contribution in [0.5, 0.6) is 0 Å². The molecule has 0 bridgehead atoms. The van der Waals surface area contributed by atoms with Gasteiger partial charge in [-0.05, 0) is 18.9 Å². The van der Waals surface area contributed by atoms with E-state index in [0.29, 0.717) is 0 Å². The molecule has 0 atom stereocenters. The Morgan fingerprint density at radius 2 is 2.00 bits per heavy atom. The van der Waals surface area contributed by atoms with Crippen LogP contribution < -0.4 is 0 Å². The Balaban J connectivity index is 3.19. The molecule has 0 aliphatic rings. The summed E-state index contributed by atoms with van der Waals surface area (Å²) in [6, 6.07) is 0. The average molecular weight is 150 g/mol. The molecule has 0 nitrogen and oxygen atoms in total. The number of hydrogen-bond acceptors (Lipinski definition) is 0. The first kappa shape index (κ1) is 10.3. The predicted octanol–water partition coefficient (Wildman–Crippen LogP) is 3.54. The summed E-state index contributed by atoms with van der Waals surface area (Å²) < 4.78 is 0. The molecule has 0 unspecified atom stereocenters. The van der Waals surface area contributed by atoms with Crippen LogP contribution in [0.3, 0.4) is 0 Å². The summed E-state index contributed by atoms with van der Waals surface area (Å²) in [4.78, 5) is 0. The third kappa shape index (κ3) is 9.30. The lowest BCUT2D eigenvalue weighted by Gasteiger charge is -1.87. The van der Waals surface area contributed by atoms with Crippen LogP contribution in [-0.4, -0.2) is 0 Å². The Kier molecular flexibility index (Phi) is 8.71. The molecule has 62 valence electrons. The van der Waals surface area contributed by atoms with Crippen LogP contribution >= 0.6 is 0 Å². The van der Waals surface area contributed by atoms with E-state index in [1.165, 1.54) is 19.3 Å². The van der Waals surface area contributed by atoms with Crippen molar-refractivity contribution in [3.05, 3.63) is 12.2 Å². The van der Waals surface area contributed by atoms with Crippen LogP contribution in [0.15, 0.2) is 12.2 Å². The molecule has 0 saturated carbocycles. The largest absolute Gasteiger partial charge is 0.0985 e. The monoisotopic (exact) mass is 150 g/mol. The van der Waals surface area contributed by atoms with Crippen LogP contribution in [0, 0.1) is 11.8 Å². The van der Waals surface area contributed by atoms with Crippen molar-refractivity contribution >= 4 is 0 Å². The van der Waals surface area contributed by atoms with Gasteiger partial charge in [0, 0.05) is 6.42 Å². The van der Waals surface area contributed by atoms with E-state index in [4.69, 9.17) is 0 Å². The van der Waals surface area contributed by atoms with Gasteiger partial charge >= 0.3 is 0 Å². The first-order chi connectivity index (χ1) is 5.41. The molecule has 0 amide bonds. The SMILES string of the molecule is CC/C=C/C#CCCCCC. The normalized spacial score (nSPS) is 9.64. The Morgan fingerprint density at radius 3 is 2.64 bits per heavy atom. The van der Waals surface area contributed by atoms with Gasteiger partial charge in [-0.3, -0.25) is 0 Å². The molecule has 0 radical (unpaired) electrons. The van der Waals surface area contributed by atoms with Gasteiger partial charge in [-0.25, -0.2) is 0 Å². The van der Waals surface area contributed by atoms with Gasteiger partial charge in [-0.2, -0.15) is 0 Å². The number of allylic oxidation sites excluding steroid dienone is 2. The summed E-state index contributed by atoms with van der Waals surface area (Å²) in [5, 5.41) is 0. The Bertz CT molecular complexity index is 143. The number of unbranched alkanes of at least 4 members (excludes halogenated alkanes) is 3. The molecule has 0 aromatic carbocycles. The lowest BCUT2D eigenvalue weighted by Crippen LogP contribution is -1.70. The van der Waals surface area contributed by atoms with Crippen LogP contribution in [0.25, 0.3) is 0 Å². The molecule has 0 spiro atoms. The molecule has 0 aliphatic heterocycles. The van der Waals surface area contributed by atoms with Gasteiger partial charge in [0.2, 0.25) is 0 Å². The number of rotatable bonds is 4. The van der Waals surface area contributed by atoms with E-state index in [1.54, 1.807) is 0 Å². The zero-order chi connectivity index (χ0) is 8.36. The molecule has 0 heterocycles. The third-order valence-electron chi connectivity index (χ3n) is 1.44. The van der Waals surface area contributed by atoms with Gasteiger partial charge < -0.3 is 0 Å². The molecule has 0 N–H and O–H groups in total. The highest BCUT2D eigenvalue weighted by Crippen LogP contribution is 1.96. The lowest BCUT2D eigenvalue weighted by molar-refractivity contribution is 0.737. The standard InChI is InChI=1S/C11H18/c1-3-5-7-9-11-10-8-6-4-2/h5,7H,3-4,6,8,10H2,1-2H3/b7-5+. The molecule has 0 aromatic rings. The molecular weight excluding hydrogens is 132 g/mol. The summed E-state index contributed by atoms with van der Waals surface area (Å²) in [6.45, 7) is 4.33. The second-order valence-electron chi connectivity index (χ2n) is 2.59. The summed E-state index contributed by atoms with van der Waals surface area (Å²) in [7, 11) is 0. The molecule has 0 fully saturated rings. The minimum absolute atomic E-state index is 1.06. The first-order valence-electron chi connectivity index (χ1n) is 4.55. The van der Waals surface area contributed by atoms with E-state index < -0.39 is 0 Å². The summed E-state index contributed by atoms with van der Waals surface area (Å²) in [5.41, 5.74) is 0. The zero-order valence-corrected chi connectivity index (χ0v) is 7.69. The molecule has 0 aliphatic carbocycles. The van der Waals surface area contributed by atoms with Crippen LogP contribution in [0.1, 0.15) is 46.0 Å². The van der Waals surface area contributed by atoms with Crippen LogP contribution in [0.4, 0.5) is 0 Å². The van der Waals surface area contributed by atoms with Gasteiger partial charge in [-0.1, -0.05) is 44.6 Å². The average Bonchev–Trinajstić information content (AvgIpc) is 2.03. The minimum atomic E-state index is 1.06. The van der Waals surface area contributed by atoms with Gasteiger partial charge in [0.15, 0.2) is 0 Å². The highest BCUT2D eigenvalue weighted by Gasteiger charge is 1.78. The van der Waals surface area contributed by atoms with Gasteiger partial charge in [0.1, 0.15) is 0 Å². The minimum Gasteiger partial charge on any atom is -0.0985 e. The second-order valence-corrected chi connectivity index (χ2v) is 2.59. The third-order valence-corrected chi connectivity index (χ3v) is 1.44. The smallest absolute Gasteiger partial charge is 0.00922 e. The van der Waals surface area contributed by atoms with Crippen LogP contribution in [0.2, 0.25) is 0 Å². The molecule has 0 rings (SSSR count). The van der Waals surface area contributed by atoms with E-state index in [2.05, 4.69) is 31.8 Å². The maximum Gasteiger partial charge on any atom is 0.00922 e. The van der Waals surface area contributed by atoms with Crippen molar-refractivity contribution in [1.29, 1.82) is 0 Å². The summed E-state index contributed by atoms with van der Waals surface area (Å²) in [6.07, 6.45) is 10.0. The van der Waals surface area contributed by atoms with Gasteiger partial charge in [-0.15, -0.1) is 0 Å². The van der Waals surface area contributed by atoms with Crippen molar-refractivity contribution in [2.75, 3.05) is 0 Å². The highest BCUT2D eigenvalue weighted by atomic mass is 13.8. The quantitative estimate of drug-likeness (QED) is 0.425. The van der Waals surface area contributed by atoms with E-state index in [0.717, 1.165) is 12.8 Å². The lowest BCUT2D eigenvalue weighted by atomic mass is 10.2. The molecular formula is C11H18. The molecule has 0 aromatic heterocycles. The van der Waals surface area contributed by atoms with Crippen molar-refractivity contribution in [3.63, 3.8) is 0 Å². The predicted molar refractivity (Wildman–Crippen MR) is 51.3 cm³/mol. The van der Waals surface area contributed by atoms with E-state index in [9.17, 15) is 0 Å². The van der Waals surface area contributed by atoms with E-state index >= 15 is 0 Å². The van der Waals surface area contributed by atoms with Crippen molar-refractivity contribution in [2.24, 2.45) is 0 Å². The molecule has 11 heavy (non-hydrogen) atoms. The van der Waals surface area contributed by atoms with Crippen molar-refractivity contribution in [1.82, 2.24) is 0 Å². The van der Waals surface area contributed by atoms with Gasteiger partial charge in [0.05, 0.1) is 0 Å².